The van der Waals surface area contributed by atoms with Crippen molar-refractivity contribution in [3.63, 3.8) is 0 Å². The molecule has 37 heavy (non-hydrogen) atoms. The largest absolute Gasteiger partial charge is 0.378 e. The fourth-order valence-corrected chi connectivity index (χ4v) is 5.65. The minimum absolute atomic E-state index is 0.0780. The van der Waals surface area contributed by atoms with Crippen molar-refractivity contribution >= 4 is 17.8 Å². The van der Waals surface area contributed by atoms with E-state index < -0.39 is 12.1 Å². The first kappa shape index (κ1) is 25.0. The third kappa shape index (κ3) is 4.73. The minimum atomic E-state index is -0.674. The van der Waals surface area contributed by atoms with Crippen molar-refractivity contribution in [2.24, 2.45) is 0 Å². The molecule has 0 spiro atoms. The van der Waals surface area contributed by atoms with Crippen LogP contribution >= 0.6 is 0 Å². The molecule has 1 fully saturated rings. The highest BCUT2D eigenvalue weighted by atomic mass is 16.5. The maximum Gasteiger partial charge on any atom is 0.322 e. The molecule has 4 amide bonds. The number of nitrogens with zero attached hydrogens (tertiary/aromatic N) is 3. The minimum Gasteiger partial charge on any atom is -0.378 e. The van der Waals surface area contributed by atoms with Gasteiger partial charge in [0, 0.05) is 26.1 Å². The number of aryl methyl sites for hydroxylation is 2. The number of urea groups is 1. The van der Waals surface area contributed by atoms with Gasteiger partial charge in [-0.15, -0.1) is 0 Å². The summed E-state index contributed by atoms with van der Waals surface area (Å²) in [5, 5.41) is 3.07. The Hall–Kier alpha value is -3.65. The molecule has 3 aliphatic heterocycles. The number of nitrogens with one attached hydrogen (secondary N) is 1. The van der Waals surface area contributed by atoms with Crippen LogP contribution in [0.2, 0.25) is 0 Å². The van der Waals surface area contributed by atoms with Crippen LogP contribution in [0.4, 0.5) is 4.79 Å². The molecule has 2 aromatic rings. The summed E-state index contributed by atoms with van der Waals surface area (Å²) >= 11 is 0. The summed E-state index contributed by atoms with van der Waals surface area (Å²) in [7, 11) is 0. The zero-order valence-electron chi connectivity index (χ0n) is 21.7. The number of likely N-dealkylation sites (N-methyl/N-ethyl adjacent to an activating group) is 1. The number of ether oxygens (including phenoxy) is 1. The molecule has 3 aliphatic rings. The molecule has 0 aliphatic carbocycles. The zero-order chi connectivity index (χ0) is 26.1. The van der Waals surface area contributed by atoms with Crippen molar-refractivity contribution in [2.75, 3.05) is 39.4 Å². The van der Waals surface area contributed by atoms with Gasteiger partial charge in [0.1, 0.15) is 6.04 Å². The summed E-state index contributed by atoms with van der Waals surface area (Å²) in [5.74, 6) is -0.272. The number of carbonyl (C=O) groups excluding carboxylic acids is 3. The van der Waals surface area contributed by atoms with Crippen LogP contribution in [0.3, 0.4) is 0 Å². The van der Waals surface area contributed by atoms with E-state index in [9.17, 15) is 14.4 Å². The first-order valence-electron chi connectivity index (χ1n) is 13.0. The lowest BCUT2D eigenvalue weighted by Crippen LogP contribution is -2.53. The van der Waals surface area contributed by atoms with Crippen molar-refractivity contribution in [3.8, 4) is 0 Å². The maximum absolute atomic E-state index is 14.2. The maximum atomic E-state index is 14.2. The quantitative estimate of drug-likeness (QED) is 0.659. The summed E-state index contributed by atoms with van der Waals surface area (Å²) in [5.41, 5.74) is 5.26. The first-order chi connectivity index (χ1) is 17.9. The smallest absolute Gasteiger partial charge is 0.322 e. The topological polar surface area (TPSA) is 82.2 Å². The second kappa shape index (κ2) is 10.4. The normalized spacial score (nSPS) is 20.7. The van der Waals surface area contributed by atoms with E-state index >= 15 is 0 Å². The molecule has 0 bridgehead atoms. The fraction of sp³-hybridized carbons (Fsp3) is 0.414. The highest BCUT2D eigenvalue weighted by molar-refractivity contribution is 6.03. The summed E-state index contributed by atoms with van der Waals surface area (Å²) in [6.07, 6.45) is 0.408. The Morgan fingerprint density at radius 1 is 1.08 bits per heavy atom. The molecular formula is C29H34N4O4. The fourth-order valence-electron chi connectivity index (χ4n) is 5.65. The van der Waals surface area contributed by atoms with E-state index in [2.05, 4.69) is 11.4 Å². The Labute approximate surface area is 217 Å². The van der Waals surface area contributed by atoms with Crippen LogP contribution in [0.1, 0.15) is 35.2 Å². The number of rotatable bonds is 6. The number of benzene rings is 2. The Kier molecular flexibility index (Phi) is 7.02. The predicted octanol–water partition coefficient (Wildman–Crippen LogP) is 2.96. The average molecular weight is 503 g/mol. The standard InChI is InChI=1S/C29H34N4O4/c1-4-32-24-18-33(23(17-21-8-6-5-7-9-21)27(34)31-12-14-37-15-13-31)28(35)25(24)26(30-29(32)36)22-11-10-19(2)16-20(22)3/h5-11,16,23,26H,4,12-15,17-18H2,1-3H3,(H,30,36)/t23-,26+/m1/s1. The number of morpholine rings is 1. The molecule has 2 aromatic carbocycles. The molecule has 8 nitrogen and oxygen atoms in total. The van der Waals surface area contributed by atoms with Crippen molar-refractivity contribution < 1.29 is 19.1 Å². The third-order valence-electron chi connectivity index (χ3n) is 7.56. The summed E-state index contributed by atoms with van der Waals surface area (Å²) in [6.45, 7) is 8.57. The van der Waals surface area contributed by atoms with Gasteiger partial charge in [-0.3, -0.25) is 14.5 Å². The van der Waals surface area contributed by atoms with Gasteiger partial charge in [0.05, 0.1) is 37.1 Å². The lowest BCUT2D eigenvalue weighted by atomic mass is 9.91. The van der Waals surface area contributed by atoms with E-state index in [1.54, 1.807) is 14.7 Å². The number of hydrogen-bond donors (Lipinski definition) is 1. The van der Waals surface area contributed by atoms with Gasteiger partial charge < -0.3 is 19.9 Å². The van der Waals surface area contributed by atoms with E-state index in [0.717, 1.165) is 22.3 Å². The van der Waals surface area contributed by atoms with E-state index in [4.69, 9.17) is 4.74 Å². The van der Waals surface area contributed by atoms with Crippen LogP contribution in [0.25, 0.3) is 0 Å². The van der Waals surface area contributed by atoms with Crippen molar-refractivity contribution in [1.82, 2.24) is 20.0 Å². The molecule has 194 valence electrons. The Morgan fingerprint density at radius 3 is 2.49 bits per heavy atom. The third-order valence-corrected chi connectivity index (χ3v) is 7.56. The van der Waals surface area contributed by atoms with Gasteiger partial charge in [0.15, 0.2) is 0 Å². The van der Waals surface area contributed by atoms with E-state index in [1.165, 1.54) is 0 Å². The van der Waals surface area contributed by atoms with Gasteiger partial charge in [0.25, 0.3) is 5.91 Å². The van der Waals surface area contributed by atoms with Crippen LogP contribution < -0.4 is 5.32 Å². The summed E-state index contributed by atoms with van der Waals surface area (Å²) < 4.78 is 5.46. The SMILES string of the molecule is CCN1C(=O)N[C@@H](c2ccc(C)cc2C)C2=C1CN([C@H](Cc1ccccc1)C(=O)N1CCOCC1)C2=O. The van der Waals surface area contributed by atoms with E-state index in [0.29, 0.717) is 50.5 Å². The van der Waals surface area contributed by atoms with Crippen LogP contribution in [-0.2, 0) is 20.7 Å². The molecule has 0 radical (unpaired) electrons. The lowest BCUT2D eigenvalue weighted by Gasteiger charge is -2.35. The van der Waals surface area contributed by atoms with Crippen molar-refractivity contribution in [3.05, 3.63) is 82.1 Å². The second-order valence-electron chi connectivity index (χ2n) is 9.92. The number of hydrogen-bond acceptors (Lipinski definition) is 4. The van der Waals surface area contributed by atoms with Crippen LogP contribution in [0.15, 0.2) is 59.8 Å². The average Bonchev–Trinajstić information content (AvgIpc) is 3.24. The molecule has 5 rings (SSSR count). The number of carbonyl (C=O) groups is 3. The highest BCUT2D eigenvalue weighted by Gasteiger charge is 2.47. The molecular weight excluding hydrogens is 468 g/mol. The van der Waals surface area contributed by atoms with Crippen LogP contribution in [0.5, 0.6) is 0 Å². The van der Waals surface area contributed by atoms with Crippen molar-refractivity contribution in [1.29, 1.82) is 0 Å². The van der Waals surface area contributed by atoms with Gasteiger partial charge in [0.2, 0.25) is 5.91 Å². The highest BCUT2D eigenvalue weighted by Crippen LogP contribution is 2.38. The van der Waals surface area contributed by atoms with E-state index in [1.807, 2.05) is 63.2 Å². The summed E-state index contributed by atoms with van der Waals surface area (Å²) in [4.78, 5) is 46.3. The Balaban J connectivity index is 1.53. The Morgan fingerprint density at radius 2 is 1.81 bits per heavy atom. The van der Waals surface area contributed by atoms with Crippen LogP contribution in [0, 0.1) is 13.8 Å². The summed E-state index contributed by atoms with van der Waals surface area (Å²) in [6, 6.07) is 14.4. The van der Waals surface area contributed by atoms with Gasteiger partial charge in [-0.1, -0.05) is 54.1 Å². The van der Waals surface area contributed by atoms with Crippen LogP contribution in [-0.4, -0.2) is 78.0 Å². The van der Waals surface area contributed by atoms with E-state index in [-0.39, 0.29) is 24.4 Å². The van der Waals surface area contributed by atoms with Gasteiger partial charge in [-0.25, -0.2) is 4.79 Å². The molecule has 1 saturated heterocycles. The van der Waals surface area contributed by atoms with Crippen molar-refractivity contribution in [2.45, 2.75) is 39.3 Å². The second-order valence-corrected chi connectivity index (χ2v) is 9.92. The van der Waals surface area contributed by atoms with Gasteiger partial charge >= 0.3 is 6.03 Å². The van der Waals surface area contributed by atoms with Gasteiger partial charge in [-0.2, -0.15) is 0 Å². The lowest BCUT2D eigenvalue weighted by molar-refractivity contribution is -0.145. The predicted molar refractivity (Wildman–Crippen MR) is 140 cm³/mol. The monoisotopic (exact) mass is 502 g/mol. The molecule has 8 heteroatoms. The molecule has 0 unspecified atom stereocenters. The zero-order valence-corrected chi connectivity index (χ0v) is 21.7. The molecule has 0 saturated carbocycles. The molecule has 0 aromatic heterocycles. The van der Waals surface area contributed by atoms with Gasteiger partial charge in [-0.05, 0) is 37.5 Å². The molecule has 1 N–H and O–H groups in total. The molecule has 3 heterocycles. The first-order valence-corrected chi connectivity index (χ1v) is 13.0. The Bertz CT molecular complexity index is 1240. The number of amides is 4. The molecule has 2 atom stereocenters.